The lowest BCUT2D eigenvalue weighted by molar-refractivity contribution is -0.138. The van der Waals surface area contributed by atoms with Crippen molar-refractivity contribution < 1.29 is 19.5 Å². The number of likely N-dealkylation sites (tertiary alicyclic amines) is 1. The summed E-state index contributed by atoms with van der Waals surface area (Å²) in [6.07, 6.45) is 2.39. The first-order valence-electron chi connectivity index (χ1n) is 7.49. The molecular weight excluding hydrogens is 274 g/mol. The Kier molecular flexibility index (Phi) is 6.98. The summed E-state index contributed by atoms with van der Waals surface area (Å²) >= 11 is 0. The molecule has 0 aromatic heterocycles. The molecule has 1 unspecified atom stereocenters. The van der Waals surface area contributed by atoms with Crippen molar-refractivity contribution in [2.75, 3.05) is 19.6 Å². The predicted octanol–water partition coefficient (Wildman–Crippen LogP) is 0.797. The predicted molar refractivity (Wildman–Crippen MR) is 77.8 cm³/mol. The van der Waals surface area contributed by atoms with Gasteiger partial charge in [0.05, 0.1) is 0 Å². The van der Waals surface area contributed by atoms with Crippen LogP contribution in [-0.2, 0) is 9.59 Å². The van der Waals surface area contributed by atoms with Gasteiger partial charge in [-0.2, -0.15) is 0 Å². The molecule has 1 aliphatic rings. The van der Waals surface area contributed by atoms with Crippen molar-refractivity contribution >= 4 is 17.9 Å². The van der Waals surface area contributed by atoms with Crippen LogP contribution in [0.5, 0.6) is 0 Å². The average Bonchev–Trinajstić information content (AvgIpc) is 2.44. The number of amides is 3. The molecule has 3 N–H and O–H groups in total. The molecule has 1 fully saturated rings. The molecule has 0 radical (unpaired) electrons. The van der Waals surface area contributed by atoms with Gasteiger partial charge in [0.1, 0.15) is 6.04 Å². The van der Waals surface area contributed by atoms with E-state index in [-0.39, 0.29) is 24.3 Å². The Bertz CT molecular complexity index is 378. The van der Waals surface area contributed by atoms with Crippen LogP contribution in [0.2, 0.25) is 0 Å². The minimum absolute atomic E-state index is 0.136. The average molecular weight is 299 g/mol. The van der Waals surface area contributed by atoms with E-state index in [1.165, 1.54) is 0 Å². The largest absolute Gasteiger partial charge is 0.481 e. The molecule has 0 aromatic rings. The Morgan fingerprint density at radius 1 is 1.29 bits per heavy atom. The summed E-state index contributed by atoms with van der Waals surface area (Å²) in [5.74, 6) is -0.845. The number of urea groups is 1. The second-order valence-corrected chi connectivity index (χ2v) is 5.49. The third-order valence-corrected chi connectivity index (χ3v) is 3.65. The lowest BCUT2D eigenvalue weighted by atomic mass is 9.94. The Labute approximate surface area is 125 Å². The van der Waals surface area contributed by atoms with Crippen LogP contribution in [0.3, 0.4) is 0 Å². The highest BCUT2D eigenvalue weighted by molar-refractivity contribution is 5.86. The quantitative estimate of drug-likeness (QED) is 0.675. The zero-order valence-corrected chi connectivity index (χ0v) is 12.7. The summed E-state index contributed by atoms with van der Waals surface area (Å²) < 4.78 is 0. The molecule has 1 aliphatic heterocycles. The SMILES string of the molecule is CCCNC(=O)C(C)NC(=O)N1CCC(CC(=O)O)CC1. The van der Waals surface area contributed by atoms with Crippen molar-refractivity contribution in [1.29, 1.82) is 0 Å². The topological polar surface area (TPSA) is 98.7 Å². The van der Waals surface area contributed by atoms with E-state index in [4.69, 9.17) is 5.11 Å². The van der Waals surface area contributed by atoms with Crippen molar-refractivity contribution in [2.24, 2.45) is 5.92 Å². The number of hydrogen-bond acceptors (Lipinski definition) is 3. The summed E-state index contributed by atoms with van der Waals surface area (Å²) in [5, 5.41) is 14.2. The molecule has 120 valence electrons. The number of carboxylic acid groups (broad SMARTS) is 1. The van der Waals surface area contributed by atoms with Gasteiger partial charge in [-0.1, -0.05) is 6.92 Å². The molecule has 1 saturated heterocycles. The van der Waals surface area contributed by atoms with E-state index in [9.17, 15) is 14.4 Å². The fraction of sp³-hybridized carbons (Fsp3) is 0.786. The summed E-state index contributed by atoms with van der Waals surface area (Å²) in [4.78, 5) is 36.0. The van der Waals surface area contributed by atoms with Crippen molar-refractivity contribution in [1.82, 2.24) is 15.5 Å². The maximum Gasteiger partial charge on any atom is 0.318 e. The first-order chi connectivity index (χ1) is 9.93. The Morgan fingerprint density at radius 3 is 2.43 bits per heavy atom. The van der Waals surface area contributed by atoms with Crippen molar-refractivity contribution in [3.05, 3.63) is 0 Å². The normalized spacial score (nSPS) is 17.1. The van der Waals surface area contributed by atoms with Gasteiger partial charge in [-0.3, -0.25) is 9.59 Å². The van der Waals surface area contributed by atoms with Crippen LogP contribution < -0.4 is 10.6 Å². The van der Waals surface area contributed by atoms with E-state index in [0.717, 1.165) is 6.42 Å². The Balaban J connectivity index is 2.33. The van der Waals surface area contributed by atoms with Gasteiger partial charge in [-0.05, 0) is 32.1 Å². The molecule has 0 aromatic carbocycles. The maximum atomic E-state index is 12.0. The van der Waals surface area contributed by atoms with Crippen LogP contribution in [0.1, 0.15) is 39.5 Å². The molecule has 1 atom stereocenters. The van der Waals surface area contributed by atoms with Gasteiger partial charge in [-0.25, -0.2) is 4.79 Å². The van der Waals surface area contributed by atoms with Gasteiger partial charge in [0.2, 0.25) is 5.91 Å². The number of rotatable bonds is 6. The van der Waals surface area contributed by atoms with E-state index >= 15 is 0 Å². The summed E-state index contributed by atoms with van der Waals surface area (Å²) in [5.41, 5.74) is 0. The fourth-order valence-corrected chi connectivity index (χ4v) is 2.33. The first-order valence-corrected chi connectivity index (χ1v) is 7.49. The molecule has 0 spiro atoms. The number of carbonyl (C=O) groups is 3. The van der Waals surface area contributed by atoms with Crippen molar-refractivity contribution in [3.63, 3.8) is 0 Å². The number of carbonyl (C=O) groups excluding carboxylic acids is 2. The lowest BCUT2D eigenvalue weighted by Crippen LogP contribution is -2.51. The van der Waals surface area contributed by atoms with Crippen molar-refractivity contribution in [2.45, 2.75) is 45.6 Å². The van der Waals surface area contributed by atoms with Gasteiger partial charge >= 0.3 is 12.0 Å². The van der Waals surface area contributed by atoms with Gasteiger partial charge in [0.25, 0.3) is 0 Å². The van der Waals surface area contributed by atoms with Crippen LogP contribution >= 0.6 is 0 Å². The number of carboxylic acids is 1. The molecule has 21 heavy (non-hydrogen) atoms. The van der Waals surface area contributed by atoms with Crippen molar-refractivity contribution in [3.8, 4) is 0 Å². The minimum Gasteiger partial charge on any atom is -0.481 e. The summed E-state index contributed by atoms with van der Waals surface area (Å²) in [6, 6.07) is -0.830. The zero-order valence-electron chi connectivity index (χ0n) is 12.7. The van der Waals surface area contributed by atoms with E-state index in [1.54, 1.807) is 11.8 Å². The van der Waals surface area contributed by atoms with Crippen LogP contribution in [0.25, 0.3) is 0 Å². The highest BCUT2D eigenvalue weighted by Gasteiger charge is 2.25. The third-order valence-electron chi connectivity index (χ3n) is 3.65. The summed E-state index contributed by atoms with van der Waals surface area (Å²) in [6.45, 7) is 5.28. The zero-order chi connectivity index (χ0) is 15.8. The van der Waals surface area contributed by atoms with E-state index in [0.29, 0.717) is 32.5 Å². The minimum atomic E-state index is -0.792. The van der Waals surface area contributed by atoms with E-state index in [1.807, 2.05) is 6.92 Å². The van der Waals surface area contributed by atoms with Crippen LogP contribution in [-0.4, -0.2) is 53.6 Å². The second kappa shape index (κ2) is 8.49. The number of piperidine rings is 1. The molecular formula is C14H25N3O4. The standard InChI is InChI=1S/C14H25N3O4/c1-3-6-15-13(20)10(2)16-14(21)17-7-4-11(5-8-17)9-12(18)19/h10-11H,3-9H2,1-2H3,(H,15,20)(H,16,21)(H,18,19). The number of hydrogen-bond donors (Lipinski definition) is 3. The molecule has 7 heteroatoms. The Hall–Kier alpha value is -1.79. The van der Waals surface area contributed by atoms with Gasteiger partial charge in [0.15, 0.2) is 0 Å². The molecule has 3 amide bonds. The van der Waals surface area contributed by atoms with Crippen LogP contribution in [0.15, 0.2) is 0 Å². The maximum absolute atomic E-state index is 12.0. The molecule has 0 bridgehead atoms. The first kappa shape index (κ1) is 17.3. The molecule has 7 nitrogen and oxygen atoms in total. The summed E-state index contributed by atoms with van der Waals surface area (Å²) in [7, 11) is 0. The lowest BCUT2D eigenvalue weighted by Gasteiger charge is -2.32. The number of aliphatic carboxylic acids is 1. The van der Waals surface area contributed by atoms with E-state index in [2.05, 4.69) is 10.6 Å². The second-order valence-electron chi connectivity index (χ2n) is 5.49. The van der Waals surface area contributed by atoms with Gasteiger partial charge < -0.3 is 20.6 Å². The molecule has 0 saturated carbocycles. The number of nitrogens with zero attached hydrogens (tertiary/aromatic N) is 1. The van der Waals surface area contributed by atoms with Gasteiger partial charge in [0, 0.05) is 26.1 Å². The monoisotopic (exact) mass is 299 g/mol. The highest BCUT2D eigenvalue weighted by atomic mass is 16.4. The molecule has 1 heterocycles. The molecule has 1 rings (SSSR count). The Morgan fingerprint density at radius 2 is 1.90 bits per heavy atom. The number of nitrogens with one attached hydrogen (secondary N) is 2. The highest BCUT2D eigenvalue weighted by Crippen LogP contribution is 2.20. The van der Waals surface area contributed by atoms with Crippen LogP contribution in [0, 0.1) is 5.92 Å². The van der Waals surface area contributed by atoms with Gasteiger partial charge in [-0.15, -0.1) is 0 Å². The fourth-order valence-electron chi connectivity index (χ4n) is 2.33. The molecule has 0 aliphatic carbocycles. The smallest absolute Gasteiger partial charge is 0.318 e. The third kappa shape index (κ3) is 6.01. The van der Waals surface area contributed by atoms with Crippen LogP contribution in [0.4, 0.5) is 4.79 Å². The van der Waals surface area contributed by atoms with E-state index < -0.39 is 12.0 Å².